The predicted molar refractivity (Wildman–Crippen MR) is 82.2 cm³/mol. The monoisotopic (exact) mass is 270 g/mol. The second kappa shape index (κ2) is 6.53. The summed E-state index contributed by atoms with van der Waals surface area (Å²) in [4.78, 5) is 4.23. The lowest BCUT2D eigenvalue weighted by atomic mass is 10.1. The summed E-state index contributed by atoms with van der Waals surface area (Å²) in [5.74, 6) is 1.63. The maximum absolute atomic E-state index is 5.98. The zero-order valence-electron chi connectivity index (χ0n) is 12.4. The molecule has 1 aromatic heterocycles. The third kappa shape index (κ3) is 3.81. The number of nitrogens with zero attached hydrogens (tertiary/aromatic N) is 1. The third-order valence-electron chi connectivity index (χ3n) is 3.35. The molecule has 1 aromatic carbocycles. The number of benzene rings is 1. The van der Waals surface area contributed by atoms with Crippen LogP contribution in [0.3, 0.4) is 0 Å². The van der Waals surface area contributed by atoms with Gasteiger partial charge in [-0.25, -0.2) is 0 Å². The molecule has 0 amide bonds. The Kier molecular flexibility index (Phi) is 4.74. The predicted octanol–water partition coefficient (Wildman–Crippen LogP) is 3.77. The summed E-state index contributed by atoms with van der Waals surface area (Å²) in [6, 6.07) is 8.34. The third-order valence-corrected chi connectivity index (χ3v) is 3.35. The number of hydrogen-bond donors (Lipinski definition) is 1. The Morgan fingerprint density at radius 3 is 2.70 bits per heavy atom. The van der Waals surface area contributed by atoms with Crippen molar-refractivity contribution in [1.82, 2.24) is 4.98 Å². The van der Waals surface area contributed by atoms with Crippen molar-refractivity contribution in [2.75, 3.05) is 0 Å². The molecule has 0 aliphatic rings. The Morgan fingerprint density at radius 2 is 2.00 bits per heavy atom. The summed E-state index contributed by atoms with van der Waals surface area (Å²) in [5.41, 5.74) is 9.45. The number of ether oxygens (including phenoxy) is 1. The van der Waals surface area contributed by atoms with Crippen LogP contribution in [-0.2, 0) is 6.42 Å². The van der Waals surface area contributed by atoms with Crippen molar-refractivity contribution in [3.8, 4) is 11.5 Å². The van der Waals surface area contributed by atoms with Gasteiger partial charge in [0, 0.05) is 12.2 Å². The maximum atomic E-state index is 5.98. The molecule has 0 aliphatic heterocycles. The van der Waals surface area contributed by atoms with E-state index in [9.17, 15) is 0 Å². The summed E-state index contributed by atoms with van der Waals surface area (Å²) in [5, 5.41) is 0. The van der Waals surface area contributed by atoms with Crippen molar-refractivity contribution in [2.45, 2.75) is 39.7 Å². The number of aromatic nitrogens is 1. The minimum Gasteiger partial charge on any atom is -0.455 e. The molecule has 0 bridgehead atoms. The van der Waals surface area contributed by atoms with Crippen molar-refractivity contribution < 1.29 is 4.74 Å². The molecule has 1 unspecified atom stereocenters. The minimum atomic E-state index is 0.174. The molecule has 2 N–H and O–H groups in total. The first-order valence-corrected chi connectivity index (χ1v) is 7.03. The lowest BCUT2D eigenvalue weighted by molar-refractivity contribution is 0.475. The fraction of sp³-hybridized carbons (Fsp3) is 0.353. The summed E-state index contributed by atoms with van der Waals surface area (Å²) in [6.45, 7) is 6.21. The Morgan fingerprint density at radius 1 is 1.20 bits per heavy atom. The lowest BCUT2D eigenvalue weighted by Gasteiger charge is -2.12. The van der Waals surface area contributed by atoms with E-state index >= 15 is 0 Å². The van der Waals surface area contributed by atoms with Gasteiger partial charge >= 0.3 is 0 Å². The Hall–Kier alpha value is -1.87. The zero-order valence-corrected chi connectivity index (χ0v) is 12.4. The number of aryl methyl sites for hydroxylation is 2. The number of hydrogen-bond acceptors (Lipinski definition) is 3. The average molecular weight is 270 g/mol. The van der Waals surface area contributed by atoms with E-state index in [4.69, 9.17) is 10.5 Å². The molecular weight excluding hydrogens is 248 g/mol. The molecule has 1 atom stereocenters. The molecule has 0 spiro atoms. The molecule has 0 saturated heterocycles. The van der Waals surface area contributed by atoms with E-state index in [-0.39, 0.29) is 6.04 Å². The van der Waals surface area contributed by atoms with Crippen molar-refractivity contribution in [3.05, 3.63) is 53.3 Å². The number of nitrogens with two attached hydrogens (primary N) is 1. The van der Waals surface area contributed by atoms with Crippen LogP contribution in [-0.4, -0.2) is 11.0 Å². The van der Waals surface area contributed by atoms with Crippen LogP contribution in [0.15, 0.2) is 36.7 Å². The van der Waals surface area contributed by atoms with Crippen LogP contribution in [0.2, 0.25) is 0 Å². The molecule has 3 heteroatoms. The first kappa shape index (κ1) is 14.5. The molecule has 1 heterocycles. The molecule has 0 aliphatic carbocycles. The molecule has 106 valence electrons. The van der Waals surface area contributed by atoms with Crippen LogP contribution >= 0.6 is 0 Å². The van der Waals surface area contributed by atoms with Crippen molar-refractivity contribution >= 4 is 0 Å². The highest BCUT2D eigenvalue weighted by Gasteiger charge is 2.06. The minimum absolute atomic E-state index is 0.174. The summed E-state index contributed by atoms with van der Waals surface area (Å²) >= 11 is 0. The topological polar surface area (TPSA) is 48.1 Å². The lowest BCUT2D eigenvalue weighted by Crippen LogP contribution is -2.21. The average Bonchev–Trinajstić information content (AvgIpc) is 2.42. The van der Waals surface area contributed by atoms with Gasteiger partial charge in [-0.2, -0.15) is 0 Å². The van der Waals surface area contributed by atoms with Gasteiger partial charge in [-0.1, -0.05) is 24.6 Å². The van der Waals surface area contributed by atoms with E-state index in [1.807, 2.05) is 31.3 Å². The summed E-state index contributed by atoms with van der Waals surface area (Å²) in [6.07, 6.45) is 5.38. The highest BCUT2D eigenvalue weighted by molar-refractivity contribution is 5.39. The molecule has 0 radical (unpaired) electrons. The first-order chi connectivity index (χ1) is 9.58. The van der Waals surface area contributed by atoms with E-state index in [0.29, 0.717) is 0 Å². The fourth-order valence-corrected chi connectivity index (χ4v) is 2.12. The van der Waals surface area contributed by atoms with Crippen LogP contribution in [0.25, 0.3) is 0 Å². The second-order valence-corrected chi connectivity index (χ2v) is 5.27. The van der Waals surface area contributed by atoms with Crippen LogP contribution in [0.1, 0.15) is 30.0 Å². The van der Waals surface area contributed by atoms with Gasteiger partial charge in [0.05, 0.1) is 6.20 Å². The Labute approximate surface area is 120 Å². The van der Waals surface area contributed by atoms with Crippen molar-refractivity contribution in [3.63, 3.8) is 0 Å². The number of rotatable bonds is 5. The molecule has 2 rings (SSSR count). The van der Waals surface area contributed by atoms with Gasteiger partial charge in [-0.3, -0.25) is 4.98 Å². The maximum Gasteiger partial charge on any atom is 0.145 e. The van der Waals surface area contributed by atoms with E-state index in [1.165, 1.54) is 5.56 Å². The standard InChI is InChI=1S/C17H22N2O/c1-4-15(18)8-14-9-16(11-19-10-14)20-17-6-5-12(2)7-13(17)3/h5-7,9-11,15H,4,8,18H2,1-3H3. The van der Waals surface area contributed by atoms with E-state index < -0.39 is 0 Å². The van der Waals surface area contributed by atoms with Crippen LogP contribution in [0.5, 0.6) is 11.5 Å². The van der Waals surface area contributed by atoms with Gasteiger partial charge < -0.3 is 10.5 Å². The number of pyridine rings is 1. The molecular formula is C17H22N2O. The SMILES string of the molecule is CCC(N)Cc1cncc(Oc2ccc(C)cc2C)c1. The molecule has 0 saturated carbocycles. The highest BCUT2D eigenvalue weighted by Crippen LogP contribution is 2.25. The van der Waals surface area contributed by atoms with Crippen LogP contribution in [0.4, 0.5) is 0 Å². The van der Waals surface area contributed by atoms with Gasteiger partial charge in [-0.15, -0.1) is 0 Å². The Balaban J connectivity index is 2.15. The molecule has 2 aromatic rings. The van der Waals surface area contributed by atoms with E-state index in [0.717, 1.165) is 35.5 Å². The quantitative estimate of drug-likeness (QED) is 0.899. The second-order valence-electron chi connectivity index (χ2n) is 5.27. The zero-order chi connectivity index (χ0) is 14.5. The Bertz CT molecular complexity index is 581. The van der Waals surface area contributed by atoms with E-state index in [1.54, 1.807) is 6.20 Å². The van der Waals surface area contributed by atoms with Crippen LogP contribution < -0.4 is 10.5 Å². The summed E-state index contributed by atoms with van der Waals surface area (Å²) < 4.78 is 5.92. The normalized spacial score (nSPS) is 12.2. The van der Waals surface area contributed by atoms with Crippen LogP contribution in [0, 0.1) is 13.8 Å². The van der Waals surface area contributed by atoms with Gasteiger partial charge in [0.2, 0.25) is 0 Å². The van der Waals surface area contributed by atoms with E-state index in [2.05, 4.69) is 24.9 Å². The van der Waals surface area contributed by atoms with Gasteiger partial charge in [0.25, 0.3) is 0 Å². The molecule has 3 nitrogen and oxygen atoms in total. The fourth-order valence-electron chi connectivity index (χ4n) is 2.12. The van der Waals surface area contributed by atoms with Gasteiger partial charge in [-0.05, 0) is 49.9 Å². The van der Waals surface area contributed by atoms with Gasteiger partial charge in [0.1, 0.15) is 11.5 Å². The smallest absolute Gasteiger partial charge is 0.145 e. The molecule has 0 fully saturated rings. The van der Waals surface area contributed by atoms with Gasteiger partial charge in [0.15, 0.2) is 0 Å². The van der Waals surface area contributed by atoms with Crippen molar-refractivity contribution in [2.24, 2.45) is 5.73 Å². The molecule has 20 heavy (non-hydrogen) atoms. The largest absolute Gasteiger partial charge is 0.455 e. The first-order valence-electron chi connectivity index (χ1n) is 7.03. The summed E-state index contributed by atoms with van der Waals surface area (Å²) in [7, 11) is 0. The highest BCUT2D eigenvalue weighted by atomic mass is 16.5. The van der Waals surface area contributed by atoms with Crippen molar-refractivity contribution in [1.29, 1.82) is 0 Å².